The summed E-state index contributed by atoms with van der Waals surface area (Å²) < 4.78 is 5.22. The van der Waals surface area contributed by atoms with Crippen molar-refractivity contribution in [3.8, 4) is 11.3 Å². The lowest BCUT2D eigenvalue weighted by Gasteiger charge is -2.32. The number of carbonyl (C=O) groups is 1. The predicted molar refractivity (Wildman–Crippen MR) is 89.5 cm³/mol. The number of rotatable bonds is 5. The van der Waals surface area contributed by atoms with Crippen LogP contribution in [0.4, 0.5) is 5.82 Å². The van der Waals surface area contributed by atoms with Gasteiger partial charge in [0.2, 0.25) is 0 Å². The Balaban J connectivity index is 1.83. The summed E-state index contributed by atoms with van der Waals surface area (Å²) in [6.45, 7) is 1.50. The van der Waals surface area contributed by atoms with Crippen molar-refractivity contribution in [2.24, 2.45) is 0 Å². The standard InChI is InChI=1S/C16H18ClN3O4/c17-11-4-2-10(3-5-11)13-12(15(21)22)14(20-24-13)19-9-16(23)6-1-7-18-8-16/h2-5,18,23H,1,6-9H2,(H,19,20)(H,21,22). The molecule has 1 aliphatic heterocycles. The Labute approximate surface area is 143 Å². The van der Waals surface area contributed by atoms with Gasteiger partial charge in [0.25, 0.3) is 0 Å². The van der Waals surface area contributed by atoms with E-state index >= 15 is 0 Å². The van der Waals surface area contributed by atoms with E-state index in [1.54, 1.807) is 24.3 Å². The van der Waals surface area contributed by atoms with Crippen LogP contribution in [0.25, 0.3) is 11.3 Å². The maximum absolute atomic E-state index is 11.6. The van der Waals surface area contributed by atoms with Crippen LogP contribution in [0.5, 0.6) is 0 Å². The first-order valence-corrected chi connectivity index (χ1v) is 8.02. The summed E-state index contributed by atoms with van der Waals surface area (Å²) in [5.74, 6) is -0.903. The van der Waals surface area contributed by atoms with Gasteiger partial charge < -0.3 is 25.4 Å². The Kier molecular flexibility index (Phi) is 4.75. The van der Waals surface area contributed by atoms with Crippen LogP contribution >= 0.6 is 11.6 Å². The van der Waals surface area contributed by atoms with Gasteiger partial charge in [-0.1, -0.05) is 16.8 Å². The van der Waals surface area contributed by atoms with Crippen LogP contribution in [0.15, 0.2) is 28.8 Å². The Morgan fingerprint density at radius 1 is 1.42 bits per heavy atom. The second-order valence-corrected chi connectivity index (χ2v) is 6.34. The molecule has 8 heteroatoms. The highest BCUT2D eigenvalue weighted by Gasteiger charge is 2.31. The SMILES string of the molecule is O=C(O)c1c(NCC2(O)CCCNC2)noc1-c1ccc(Cl)cc1. The molecule has 4 N–H and O–H groups in total. The van der Waals surface area contributed by atoms with Gasteiger partial charge >= 0.3 is 5.97 Å². The van der Waals surface area contributed by atoms with Gasteiger partial charge in [0.15, 0.2) is 17.1 Å². The molecule has 0 bridgehead atoms. The summed E-state index contributed by atoms with van der Waals surface area (Å²) in [7, 11) is 0. The van der Waals surface area contributed by atoms with Crippen LogP contribution in [0.1, 0.15) is 23.2 Å². The predicted octanol–water partition coefficient (Wildman–Crippen LogP) is 2.22. The summed E-state index contributed by atoms with van der Waals surface area (Å²) >= 11 is 5.85. The molecule has 2 heterocycles. The monoisotopic (exact) mass is 351 g/mol. The number of nitrogens with one attached hydrogen (secondary N) is 2. The van der Waals surface area contributed by atoms with E-state index in [0.29, 0.717) is 23.6 Å². The molecular formula is C16H18ClN3O4. The third kappa shape index (κ3) is 3.53. The molecule has 7 nitrogen and oxygen atoms in total. The van der Waals surface area contributed by atoms with Crippen LogP contribution in [-0.4, -0.2) is 46.6 Å². The zero-order valence-electron chi connectivity index (χ0n) is 12.9. The summed E-state index contributed by atoms with van der Waals surface area (Å²) in [5, 5.41) is 30.4. The zero-order chi connectivity index (χ0) is 17.2. The van der Waals surface area contributed by atoms with Gasteiger partial charge in [-0.25, -0.2) is 4.79 Å². The Hall–Kier alpha value is -2.09. The Bertz CT molecular complexity index is 723. The zero-order valence-corrected chi connectivity index (χ0v) is 13.6. The Morgan fingerprint density at radius 3 is 2.79 bits per heavy atom. The van der Waals surface area contributed by atoms with Crippen molar-refractivity contribution in [3.05, 3.63) is 34.9 Å². The number of aromatic nitrogens is 1. The number of benzene rings is 1. The van der Waals surface area contributed by atoms with E-state index in [1.165, 1.54) is 0 Å². The lowest BCUT2D eigenvalue weighted by Crippen LogP contribution is -2.50. The van der Waals surface area contributed by atoms with Crippen LogP contribution in [-0.2, 0) is 0 Å². The van der Waals surface area contributed by atoms with Gasteiger partial charge in [-0.2, -0.15) is 0 Å². The smallest absolute Gasteiger partial charge is 0.343 e. The average molecular weight is 352 g/mol. The largest absolute Gasteiger partial charge is 0.477 e. The molecule has 0 aliphatic carbocycles. The first kappa shape index (κ1) is 16.8. The van der Waals surface area contributed by atoms with Gasteiger partial charge in [0.1, 0.15) is 0 Å². The molecular weight excluding hydrogens is 334 g/mol. The lowest BCUT2D eigenvalue weighted by molar-refractivity contribution is 0.0290. The van der Waals surface area contributed by atoms with E-state index in [4.69, 9.17) is 16.1 Å². The quantitative estimate of drug-likeness (QED) is 0.654. The highest BCUT2D eigenvalue weighted by atomic mass is 35.5. The second-order valence-electron chi connectivity index (χ2n) is 5.91. The minimum absolute atomic E-state index is 0.0651. The van der Waals surface area contributed by atoms with E-state index in [-0.39, 0.29) is 23.7 Å². The topological polar surface area (TPSA) is 108 Å². The average Bonchev–Trinajstić information content (AvgIpc) is 2.99. The van der Waals surface area contributed by atoms with Crippen LogP contribution in [0.3, 0.4) is 0 Å². The molecule has 1 aromatic carbocycles. The molecule has 0 amide bonds. The van der Waals surface area contributed by atoms with Crippen molar-refractivity contribution in [1.82, 2.24) is 10.5 Å². The molecule has 1 fully saturated rings. The van der Waals surface area contributed by atoms with Gasteiger partial charge in [-0.05, 0) is 43.7 Å². The Morgan fingerprint density at radius 2 is 2.17 bits per heavy atom. The van der Waals surface area contributed by atoms with E-state index in [1.807, 2.05) is 0 Å². The van der Waals surface area contributed by atoms with E-state index < -0.39 is 11.6 Å². The van der Waals surface area contributed by atoms with Crippen molar-refractivity contribution in [2.45, 2.75) is 18.4 Å². The number of piperidine rings is 1. The van der Waals surface area contributed by atoms with Gasteiger partial charge in [0.05, 0.1) is 5.60 Å². The number of carboxylic acid groups (broad SMARTS) is 1. The first-order chi connectivity index (χ1) is 11.5. The fourth-order valence-electron chi connectivity index (χ4n) is 2.76. The van der Waals surface area contributed by atoms with Crippen molar-refractivity contribution in [2.75, 3.05) is 25.0 Å². The van der Waals surface area contributed by atoms with Crippen LogP contribution < -0.4 is 10.6 Å². The van der Waals surface area contributed by atoms with Gasteiger partial charge in [0, 0.05) is 23.7 Å². The highest BCUT2D eigenvalue weighted by Crippen LogP contribution is 2.30. The number of β-amino-alcohol motifs (C(OH)–C–C–N with tert-alkyl or cyclic N) is 1. The molecule has 1 saturated heterocycles. The maximum atomic E-state index is 11.6. The third-order valence-electron chi connectivity index (χ3n) is 4.05. The summed E-state index contributed by atoms with van der Waals surface area (Å²) in [6.07, 6.45) is 1.50. The normalized spacial score (nSPS) is 20.8. The number of anilines is 1. The fraction of sp³-hybridized carbons (Fsp3) is 0.375. The van der Waals surface area contributed by atoms with Crippen molar-refractivity contribution in [1.29, 1.82) is 0 Å². The van der Waals surface area contributed by atoms with Gasteiger partial charge in [-0.3, -0.25) is 0 Å². The molecule has 0 radical (unpaired) electrons. The fourth-order valence-corrected chi connectivity index (χ4v) is 2.88. The summed E-state index contributed by atoms with van der Waals surface area (Å²) in [4.78, 5) is 11.6. The number of nitrogens with zero attached hydrogens (tertiary/aromatic N) is 1. The minimum atomic E-state index is -1.16. The van der Waals surface area contributed by atoms with Crippen LogP contribution in [0.2, 0.25) is 5.02 Å². The van der Waals surface area contributed by atoms with Gasteiger partial charge in [-0.15, -0.1) is 0 Å². The number of hydrogen-bond donors (Lipinski definition) is 4. The number of aliphatic hydroxyl groups is 1. The molecule has 1 unspecified atom stereocenters. The molecule has 1 aromatic heterocycles. The van der Waals surface area contributed by atoms with Crippen molar-refractivity contribution in [3.63, 3.8) is 0 Å². The van der Waals surface area contributed by atoms with E-state index in [2.05, 4.69) is 15.8 Å². The molecule has 128 valence electrons. The van der Waals surface area contributed by atoms with Crippen molar-refractivity contribution >= 4 is 23.4 Å². The lowest BCUT2D eigenvalue weighted by atomic mass is 9.94. The molecule has 0 saturated carbocycles. The summed E-state index contributed by atoms with van der Waals surface area (Å²) in [5.41, 5.74) is -0.437. The van der Waals surface area contributed by atoms with E-state index in [9.17, 15) is 15.0 Å². The second kappa shape index (κ2) is 6.80. The first-order valence-electron chi connectivity index (χ1n) is 7.64. The number of aromatic carboxylic acids is 1. The van der Waals surface area contributed by atoms with Crippen molar-refractivity contribution < 1.29 is 19.5 Å². The highest BCUT2D eigenvalue weighted by molar-refractivity contribution is 6.30. The number of hydrogen-bond acceptors (Lipinski definition) is 6. The molecule has 1 aliphatic rings. The molecule has 1 atom stereocenters. The van der Waals surface area contributed by atoms with E-state index in [0.717, 1.165) is 13.0 Å². The molecule has 3 rings (SSSR count). The maximum Gasteiger partial charge on any atom is 0.343 e. The molecule has 0 spiro atoms. The summed E-state index contributed by atoms with van der Waals surface area (Å²) in [6, 6.07) is 6.62. The minimum Gasteiger partial charge on any atom is -0.477 e. The molecule has 24 heavy (non-hydrogen) atoms. The third-order valence-corrected chi connectivity index (χ3v) is 4.30. The number of carboxylic acids is 1. The van der Waals surface area contributed by atoms with Crippen LogP contribution in [0, 0.1) is 0 Å². The molecule has 2 aromatic rings. The number of halogens is 1.